The second-order valence-electron chi connectivity index (χ2n) is 7.72. The van der Waals surface area contributed by atoms with Gasteiger partial charge in [0.1, 0.15) is 17.6 Å². The van der Waals surface area contributed by atoms with E-state index in [9.17, 15) is 9.59 Å². The van der Waals surface area contributed by atoms with Gasteiger partial charge < -0.3 is 25.3 Å². The number of rotatable bonds is 5. The number of piperazine rings is 1. The number of primary amides is 1. The highest BCUT2D eigenvalue weighted by Gasteiger charge is 2.24. The Labute approximate surface area is 189 Å². The first-order valence-electron chi connectivity index (χ1n) is 10.6. The van der Waals surface area contributed by atoms with Crippen LogP contribution in [0.2, 0.25) is 0 Å². The van der Waals surface area contributed by atoms with Crippen molar-refractivity contribution < 1.29 is 9.53 Å². The van der Waals surface area contributed by atoms with Crippen LogP contribution in [0.5, 0.6) is 5.75 Å². The number of methoxy groups -OCH3 is 1. The molecule has 5 rings (SSSR count). The summed E-state index contributed by atoms with van der Waals surface area (Å²) in [5.74, 6) is 0.888. The summed E-state index contributed by atoms with van der Waals surface area (Å²) in [6.45, 7) is 2.67. The molecule has 2 aromatic carbocycles. The Morgan fingerprint density at radius 3 is 2.45 bits per heavy atom. The number of H-pyrrole nitrogens is 1. The van der Waals surface area contributed by atoms with Crippen LogP contribution in [0.25, 0.3) is 16.9 Å². The molecule has 33 heavy (non-hydrogen) atoms. The van der Waals surface area contributed by atoms with Gasteiger partial charge in [0.2, 0.25) is 5.91 Å². The van der Waals surface area contributed by atoms with Gasteiger partial charge >= 0.3 is 5.69 Å². The van der Waals surface area contributed by atoms with Crippen LogP contribution in [0.3, 0.4) is 0 Å². The number of carbonyl (C=O) groups excluding carboxylic acids is 1. The number of aromatic nitrogens is 4. The van der Waals surface area contributed by atoms with E-state index in [1.165, 1.54) is 6.33 Å². The lowest BCUT2D eigenvalue weighted by Gasteiger charge is -2.37. The minimum atomic E-state index is -0.479. The molecule has 0 unspecified atom stereocenters. The fourth-order valence-corrected chi connectivity index (χ4v) is 4.21. The van der Waals surface area contributed by atoms with E-state index in [0.717, 1.165) is 11.4 Å². The zero-order valence-corrected chi connectivity index (χ0v) is 18.1. The number of aromatic amines is 1. The van der Waals surface area contributed by atoms with E-state index in [1.807, 2.05) is 30.3 Å². The van der Waals surface area contributed by atoms with Crippen molar-refractivity contribution in [3.8, 4) is 11.4 Å². The molecular formula is C23H23N7O3. The monoisotopic (exact) mass is 445 g/mol. The Morgan fingerprint density at radius 2 is 1.76 bits per heavy atom. The quantitative estimate of drug-likeness (QED) is 0.478. The molecule has 10 heteroatoms. The molecule has 10 nitrogen and oxygen atoms in total. The Morgan fingerprint density at radius 1 is 1.03 bits per heavy atom. The average Bonchev–Trinajstić information content (AvgIpc) is 3.20. The lowest BCUT2D eigenvalue weighted by atomic mass is 10.1. The summed E-state index contributed by atoms with van der Waals surface area (Å²) >= 11 is 0. The maximum Gasteiger partial charge on any atom is 0.332 e. The second-order valence-corrected chi connectivity index (χ2v) is 7.72. The summed E-state index contributed by atoms with van der Waals surface area (Å²) < 4.78 is 7.04. The van der Waals surface area contributed by atoms with Crippen LogP contribution in [-0.4, -0.2) is 58.7 Å². The van der Waals surface area contributed by atoms with Crippen molar-refractivity contribution in [1.29, 1.82) is 0 Å². The van der Waals surface area contributed by atoms with E-state index < -0.39 is 5.91 Å². The van der Waals surface area contributed by atoms with Gasteiger partial charge in [-0.25, -0.2) is 19.3 Å². The minimum absolute atomic E-state index is 0.260. The minimum Gasteiger partial charge on any atom is -0.495 e. The largest absolute Gasteiger partial charge is 0.495 e. The zero-order chi connectivity index (χ0) is 22.9. The van der Waals surface area contributed by atoms with E-state index in [4.69, 9.17) is 10.5 Å². The van der Waals surface area contributed by atoms with E-state index in [2.05, 4.69) is 24.8 Å². The number of amides is 1. The molecule has 2 aromatic heterocycles. The van der Waals surface area contributed by atoms with Gasteiger partial charge in [-0.05, 0) is 30.3 Å². The van der Waals surface area contributed by atoms with Crippen molar-refractivity contribution >= 4 is 28.6 Å². The number of ether oxygens (including phenoxy) is 1. The fraction of sp³-hybridized carbons (Fsp3) is 0.217. The molecule has 1 fully saturated rings. The van der Waals surface area contributed by atoms with Crippen LogP contribution in [0, 0.1) is 0 Å². The summed E-state index contributed by atoms with van der Waals surface area (Å²) in [6.07, 6.45) is 1.48. The highest BCUT2D eigenvalue weighted by molar-refractivity contribution is 5.94. The summed E-state index contributed by atoms with van der Waals surface area (Å²) in [7, 11) is 1.60. The van der Waals surface area contributed by atoms with Gasteiger partial charge in [0, 0.05) is 31.7 Å². The third-order valence-corrected chi connectivity index (χ3v) is 5.85. The number of anilines is 2. The van der Waals surface area contributed by atoms with Crippen LogP contribution in [0.1, 0.15) is 10.4 Å². The van der Waals surface area contributed by atoms with Crippen molar-refractivity contribution in [1.82, 2.24) is 19.5 Å². The smallest absolute Gasteiger partial charge is 0.332 e. The molecule has 168 valence electrons. The van der Waals surface area contributed by atoms with Crippen molar-refractivity contribution in [2.75, 3.05) is 43.1 Å². The number of fused-ring (bicyclic) bond motifs is 1. The Bertz CT molecular complexity index is 1370. The molecule has 1 saturated heterocycles. The number of nitrogens with two attached hydrogens (primary N) is 1. The summed E-state index contributed by atoms with van der Waals surface area (Å²) in [5.41, 5.74) is 8.34. The normalized spacial score (nSPS) is 14.0. The lowest BCUT2D eigenvalue weighted by Crippen LogP contribution is -2.47. The van der Waals surface area contributed by atoms with Crippen molar-refractivity contribution in [3.05, 3.63) is 70.9 Å². The van der Waals surface area contributed by atoms with Crippen molar-refractivity contribution in [2.24, 2.45) is 5.73 Å². The predicted molar refractivity (Wildman–Crippen MR) is 125 cm³/mol. The molecule has 0 spiro atoms. The molecule has 0 saturated carbocycles. The first-order valence-corrected chi connectivity index (χ1v) is 10.6. The third-order valence-electron chi connectivity index (χ3n) is 5.85. The standard InChI is InChI=1S/C23H23N7O3/c1-33-18-8-7-15(20(24)31)13-17(18)28-9-11-29(12-10-28)21-19-22(26-14-25-21)30(23(32)27-19)16-5-3-2-4-6-16/h2-8,13-14H,9-12H2,1H3,(H2,24,31)(H,27,32). The number of nitrogens with zero attached hydrogens (tertiary/aromatic N) is 5. The maximum atomic E-state index is 12.7. The van der Waals surface area contributed by atoms with Gasteiger partial charge in [0.05, 0.1) is 18.5 Å². The van der Waals surface area contributed by atoms with Crippen LogP contribution in [0.15, 0.2) is 59.7 Å². The number of hydrogen-bond donors (Lipinski definition) is 2. The topological polar surface area (TPSA) is 122 Å². The highest BCUT2D eigenvalue weighted by atomic mass is 16.5. The zero-order valence-electron chi connectivity index (χ0n) is 18.1. The van der Waals surface area contributed by atoms with Crippen molar-refractivity contribution in [2.45, 2.75) is 0 Å². The maximum absolute atomic E-state index is 12.7. The SMILES string of the molecule is COc1ccc(C(N)=O)cc1N1CCN(c2ncnc3c2[nH]c(=O)n3-c2ccccc2)CC1. The number of nitrogens with one attached hydrogen (secondary N) is 1. The van der Waals surface area contributed by atoms with Gasteiger partial charge in [-0.15, -0.1) is 0 Å². The Balaban J connectivity index is 1.44. The number of para-hydroxylation sites is 1. The molecule has 4 aromatic rings. The predicted octanol–water partition coefficient (Wildman–Crippen LogP) is 1.54. The number of hydrogen-bond acceptors (Lipinski definition) is 7. The molecule has 0 atom stereocenters. The molecule has 3 heterocycles. The fourth-order valence-electron chi connectivity index (χ4n) is 4.21. The first kappa shape index (κ1) is 20.6. The molecule has 1 aliphatic heterocycles. The Kier molecular flexibility index (Phi) is 5.17. The molecule has 0 bridgehead atoms. The third kappa shape index (κ3) is 3.65. The van der Waals surface area contributed by atoms with Gasteiger partial charge in [0.15, 0.2) is 11.5 Å². The second kappa shape index (κ2) is 8.30. The highest BCUT2D eigenvalue weighted by Crippen LogP contribution is 2.31. The van der Waals surface area contributed by atoms with Crippen molar-refractivity contribution in [3.63, 3.8) is 0 Å². The molecular weight excluding hydrogens is 422 g/mol. The van der Waals surface area contributed by atoms with Gasteiger partial charge in [-0.1, -0.05) is 18.2 Å². The van der Waals surface area contributed by atoms with Gasteiger partial charge in [0.25, 0.3) is 0 Å². The molecule has 0 aliphatic carbocycles. The number of benzene rings is 2. The average molecular weight is 445 g/mol. The number of carbonyl (C=O) groups is 1. The summed E-state index contributed by atoms with van der Waals surface area (Å²) in [4.78, 5) is 40.4. The molecule has 0 radical (unpaired) electrons. The molecule has 3 N–H and O–H groups in total. The Hall–Kier alpha value is -4.34. The summed E-state index contributed by atoms with van der Waals surface area (Å²) in [6, 6.07) is 14.6. The van der Waals surface area contributed by atoms with Crippen LogP contribution in [-0.2, 0) is 0 Å². The first-order chi connectivity index (χ1) is 16.1. The van der Waals surface area contributed by atoms with E-state index in [-0.39, 0.29) is 5.69 Å². The van der Waals surface area contributed by atoms with Gasteiger partial charge in [-0.2, -0.15) is 0 Å². The van der Waals surface area contributed by atoms with E-state index >= 15 is 0 Å². The lowest BCUT2D eigenvalue weighted by molar-refractivity contribution is 0.100. The summed E-state index contributed by atoms with van der Waals surface area (Å²) in [5, 5.41) is 0. The number of imidazole rings is 1. The van der Waals surface area contributed by atoms with Crippen LogP contribution in [0.4, 0.5) is 11.5 Å². The van der Waals surface area contributed by atoms with E-state index in [1.54, 1.807) is 29.9 Å². The van der Waals surface area contributed by atoms with E-state index in [0.29, 0.717) is 54.5 Å². The molecule has 1 amide bonds. The molecule has 1 aliphatic rings. The van der Waals surface area contributed by atoms with Crippen LogP contribution < -0.4 is 26.0 Å². The van der Waals surface area contributed by atoms with Crippen LogP contribution >= 0.6 is 0 Å². The van der Waals surface area contributed by atoms with Gasteiger partial charge in [-0.3, -0.25) is 4.79 Å².